The number of carbonyl (C=O) groups excluding carboxylic acids is 2. The Hall–Kier alpha value is -0.580. The largest absolute Gasteiger partial charge is 0.450 e. The van der Waals surface area contributed by atoms with Crippen LogP contribution >= 0.6 is 15.9 Å². The lowest BCUT2D eigenvalue weighted by Gasteiger charge is -2.16. The van der Waals surface area contributed by atoms with Gasteiger partial charge in [-0.25, -0.2) is 4.79 Å². The smallest absolute Gasteiger partial charge is 0.407 e. The molecule has 1 amide bonds. The lowest BCUT2D eigenvalue weighted by Crippen LogP contribution is -2.37. The molecule has 0 radical (unpaired) electrons. The molecule has 15 heavy (non-hydrogen) atoms. The van der Waals surface area contributed by atoms with Crippen molar-refractivity contribution in [3.05, 3.63) is 0 Å². The number of amides is 1. The summed E-state index contributed by atoms with van der Waals surface area (Å²) in [6.45, 7) is 4.10. The van der Waals surface area contributed by atoms with Crippen molar-refractivity contribution in [1.29, 1.82) is 0 Å². The minimum atomic E-state index is -0.446. The molecule has 0 spiro atoms. The van der Waals surface area contributed by atoms with Gasteiger partial charge >= 0.3 is 6.09 Å². The van der Waals surface area contributed by atoms with Crippen molar-refractivity contribution in [2.45, 2.75) is 39.2 Å². The van der Waals surface area contributed by atoms with Crippen molar-refractivity contribution < 1.29 is 14.3 Å². The number of alkyl carbamates (subject to hydrolysis) is 1. The van der Waals surface area contributed by atoms with Crippen molar-refractivity contribution in [3.63, 3.8) is 0 Å². The van der Waals surface area contributed by atoms with E-state index in [-0.39, 0.29) is 11.8 Å². The SMILES string of the molecule is CCCC(CC(=O)CBr)NC(=O)OCC. The highest BCUT2D eigenvalue weighted by atomic mass is 79.9. The van der Waals surface area contributed by atoms with E-state index in [1.54, 1.807) is 6.92 Å². The molecule has 0 rings (SSSR count). The molecular formula is C10H18BrNO3. The van der Waals surface area contributed by atoms with Crippen LogP contribution in [-0.2, 0) is 9.53 Å². The lowest BCUT2D eigenvalue weighted by molar-refractivity contribution is -0.116. The van der Waals surface area contributed by atoms with Crippen molar-refractivity contribution in [2.75, 3.05) is 11.9 Å². The highest BCUT2D eigenvalue weighted by Crippen LogP contribution is 2.04. The predicted octanol–water partition coefficient (Wildman–Crippen LogP) is 2.26. The number of ketones is 1. The second kappa shape index (κ2) is 8.71. The second-order valence-corrected chi connectivity index (χ2v) is 3.79. The predicted molar refractivity (Wildman–Crippen MR) is 62.3 cm³/mol. The number of hydrogen-bond acceptors (Lipinski definition) is 3. The van der Waals surface area contributed by atoms with Crippen LogP contribution in [-0.4, -0.2) is 29.9 Å². The molecule has 1 N–H and O–H groups in total. The molecule has 0 aromatic heterocycles. The number of alkyl halides is 1. The van der Waals surface area contributed by atoms with E-state index in [0.717, 1.165) is 12.8 Å². The van der Waals surface area contributed by atoms with Crippen LogP contribution in [0.3, 0.4) is 0 Å². The molecule has 0 saturated carbocycles. The number of carbonyl (C=O) groups is 2. The Kier molecular flexibility index (Phi) is 8.37. The fraction of sp³-hybridized carbons (Fsp3) is 0.800. The number of Topliss-reactive ketones (excluding diaryl/α,β-unsaturated/α-hetero) is 1. The summed E-state index contributed by atoms with van der Waals surface area (Å²) >= 11 is 3.10. The number of ether oxygens (including phenoxy) is 1. The van der Waals surface area contributed by atoms with Gasteiger partial charge in [0.15, 0.2) is 0 Å². The van der Waals surface area contributed by atoms with Crippen LogP contribution < -0.4 is 5.32 Å². The van der Waals surface area contributed by atoms with Crippen LogP contribution in [0.5, 0.6) is 0 Å². The third-order valence-electron chi connectivity index (χ3n) is 1.86. The molecule has 0 saturated heterocycles. The number of nitrogens with one attached hydrogen (secondary N) is 1. The molecule has 0 bridgehead atoms. The standard InChI is InChI=1S/C10H18BrNO3/c1-3-5-8(6-9(13)7-11)12-10(14)15-4-2/h8H,3-7H2,1-2H3,(H,12,14). The van der Waals surface area contributed by atoms with Crippen LogP contribution in [0, 0.1) is 0 Å². The first-order chi connectivity index (χ1) is 7.13. The molecule has 88 valence electrons. The van der Waals surface area contributed by atoms with Crippen LogP contribution in [0.4, 0.5) is 4.79 Å². The maximum atomic E-state index is 11.2. The Morgan fingerprint density at radius 3 is 2.53 bits per heavy atom. The van der Waals surface area contributed by atoms with E-state index in [0.29, 0.717) is 18.4 Å². The monoisotopic (exact) mass is 279 g/mol. The average molecular weight is 280 g/mol. The first-order valence-corrected chi connectivity index (χ1v) is 6.27. The van der Waals surface area contributed by atoms with Gasteiger partial charge in [0.1, 0.15) is 5.78 Å². The van der Waals surface area contributed by atoms with E-state index < -0.39 is 6.09 Å². The van der Waals surface area contributed by atoms with E-state index in [1.807, 2.05) is 6.92 Å². The van der Waals surface area contributed by atoms with Crippen molar-refractivity contribution in [3.8, 4) is 0 Å². The van der Waals surface area contributed by atoms with Crippen molar-refractivity contribution >= 4 is 27.8 Å². The van der Waals surface area contributed by atoms with Crippen LogP contribution in [0.25, 0.3) is 0 Å². The van der Waals surface area contributed by atoms with Gasteiger partial charge in [-0.3, -0.25) is 4.79 Å². The molecule has 0 aliphatic heterocycles. The van der Waals surface area contributed by atoms with Gasteiger partial charge in [0.25, 0.3) is 0 Å². The first-order valence-electron chi connectivity index (χ1n) is 5.14. The van der Waals surface area contributed by atoms with Crippen LogP contribution in [0.15, 0.2) is 0 Å². The summed E-state index contributed by atoms with van der Waals surface area (Å²) in [5, 5.41) is 3.01. The third kappa shape index (κ3) is 7.36. The third-order valence-corrected chi connectivity index (χ3v) is 2.48. The number of halogens is 1. The minimum absolute atomic E-state index is 0.0882. The van der Waals surface area contributed by atoms with Gasteiger partial charge < -0.3 is 10.1 Å². The highest BCUT2D eigenvalue weighted by Gasteiger charge is 2.15. The Bertz CT molecular complexity index is 209. The van der Waals surface area contributed by atoms with Gasteiger partial charge in [0.05, 0.1) is 11.9 Å². The fourth-order valence-electron chi connectivity index (χ4n) is 1.24. The van der Waals surface area contributed by atoms with Gasteiger partial charge in [-0.05, 0) is 13.3 Å². The lowest BCUT2D eigenvalue weighted by atomic mass is 10.1. The van der Waals surface area contributed by atoms with E-state index in [9.17, 15) is 9.59 Å². The maximum absolute atomic E-state index is 11.2. The highest BCUT2D eigenvalue weighted by molar-refractivity contribution is 9.09. The summed E-state index contributed by atoms with van der Waals surface area (Å²) in [4.78, 5) is 22.3. The molecule has 0 aromatic carbocycles. The zero-order chi connectivity index (χ0) is 11.7. The summed E-state index contributed by atoms with van der Waals surface area (Å²) in [7, 11) is 0. The van der Waals surface area contributed by atoms with E-state index in [2.05, 4.69) is 21.2 Å². The van der Waals surface area contributed by atoms with Crippen molar-refractivity contribution in [1.82, 2.24) is 5.32 Å². The Balaban J connectivity index is 4.02. The zero-order valence-corrected chi connectivity index (χ0v) is 10.8. The molecule has 1 atom stereocenters. The normalized spacial score (nSPS) is 11.9. The summed E-state index contributed by atoms with van der Waals surface area (Å²) in [6.07, 6.45) is 1.63. The summed E-state index contributed by atoms with van der Waals surface area (Å²) < 4.78 is 4.76. The molecule has 0 aliphatic rings. The molecule has 0 heterocycles. The maximum Gasteiger partial charge on any atom is 0.407 e. The number of rotatable bonds is 7. The average Bonchev–Trinajstić information content (AvgIpc) is 2.18. The molecule has 0 fully saturated rings. The number of hydrogen-bond donors (Lipinski definition) is 1. The summed E-state index contributed by atoms with van der Waals surface area (Å²) in [6, 6.07) is -0.112. The topological polar surface area (TPSA) is 55.4 Å². The minimum Gasteiger partial charge on any atom is -0.450 e. The van der Waals surface area contributed by atoms with Gasteiger partial charge in [-0.2, -0.15) is 0 Å². The van der Waals surface area contributed by atoms with Gasteiger partial charge in [0.2, 0.25) is 0 Å². The van der Waals surface area contributed by atoms with Gasteiger partial charge in [-0.1, -0.05) is 29.3 Å². The Morgan fingerprint density at radius 2 is 2.07 bits per heavy atom. The van der Waals surface area contributed by atoms with E-state index in [1.165, 1.54) is 0 Å². The second-order valence-electron chi connectivity index (χ2n) is 3.23. The van der Waals surface area contributed by atoms with Crippen molar-refractivity contribution in [2.24, 2.45) is 0 Å². The summed E-state index contributed by atoms with van der Waals surface area (Å²) in [5.41, 5.74) is 0. The van der Waals surface area contributed by atoms with Crippen LogP contribution in [0.2, 0.25) is 0 Å². The van der Waals surface area contributed by atoms with Gasteiger partial charge in [-0.15, -0.1) is 0 Å². The molecule has 5 heteroatoms. The van der Waals surface area contributed by atoms with E-state index in [4.69, 9.17) is 4.74 Å². The molecule has 0 aliphatic carbocycles. The zero-order valence-electron chi connectivity index (χ0n) is 9.22. The fourth-order valence-corrected chi connectivity index (χ4v) is 1.47. The molecule has 0 aromatic rings. The summed E-state index contributed by atoms with van der Waals surface area (Å²) in [5.74, 6) is 0.0882. The van der Waals surface area contributed by atoms with Crippen LogP contribution in [0.1, 0.15) is 33.1 Å². The molecule has 4 nitrogen and oxygen atoms in total. The molecule has 1 unspecified atom stereocenters. The first kappa shape index (κ1) is 14.4. The Labute approximate surface area is 98.9 Å². The molecular weight excluding hydrogens is 262 g/mol. The van der Waals surface area contributed by atoms with E-state index >= 15 is 0 Å². The van der Waals surface area contributed by atoms with Gasteiger partial charge in [0, 0.05) is 12.5 Å². The quantitative estimate of drug-likeness (QED) is 0.728. The Morgan fingerprint density at radius 1 is 1.40 bits per heavy atom.